The Morgan fingerprint density at radius 2 is 2.21 bits per heavy atom. The molecule has 0 spiro atoms. The lowest BCUT2D eigenvalue weighted by Gasteiger charge is -2.07. The number of nitrogens with two attached hydrogens (primary N) is 1. The van der Waals surface area contributed by atoms with Crippen molar-refractivity contribution in [3.05, 3.63) is 42.1 Å². The highest BCUT2D eigenvalue weighted by atomic mass is 19.1. The summed E-state index contributed by atoms with van der Waals surface area (Å²) in [6.45, 7) is 0. The minimum absolute atomic E-state index is 0.0332. The van der Waals surface area contributed by atoms with E-state index in [-0.39, 0.29) is 17.0 Å². The Hall–Kier alpha value is -2.90. The van der Waals surface area contributed by atoms with Crippen LogP contribution in [0.3, 0.4) is 0 Å². The highest BCUT2D eigenvalue weighted by molar-refractivity contribution is 5.92. The molecule has 0 aliphatic carbocycles. The van der Waals surface area contributed by atoms with Crippen LogP contribution in [0.2, 0.25) is 0 Å². The third-order valence-electron chi connectivity index (χ3n) is 2.73. The van der Waals surface area contributed by atoms with Crippen LogP contribution in [0.4, 0.5) is 10.2 Å². The van der Waals surface area contributed by atoms with E-state index in [4.69, 9.17) is 10.8 Å². The first kappa shape index (κ1) is 11.2. The Labute approximate surface area is 105 Å². The van der Waals surface area contributed by atoms with Gasteiger partial charge in [-0.05, 0) is 12.1 Å². The second kappa shape index (κ2) is 3.80. The number of hydrogen-bond acceptors (Lipinski definition) is 4. The average Bonchev–Trinajstić information content (AvgIpc) is 2.97. The maximum absolute atomic E-state index is 13.5. The van der Waals surface area contributed by atoms with Crippen LogP contribution in [0.25, 0.3) is 11.5 Å². The van der Waals surface area contributed by atoms with Crippen LogP contribution in [0.1, 0.15) is 10.4 Å². The van der Waals surface area contributed by atoms with Gasteiger partial charge in [0.1, 0.15) is 17.2 Å². The van der Waals surface area contributed by atoms with Gasteiger partial charge in [-0.3, -0.25) is 4.40 Å². The zero-order chi connectivity index (χ0) is 13.6. The quantitative estimate of drug-likeness (QED) is 0.715. The molecule has 3 rings (SSSR count). The number of rotatable bonds is 2. The van der Waals surface area contributed by atoms with E-state index in [2.05, 4.69) is 10.1 Å². The van der Waals surface area contributed by atoms with Crippen LogP contribution >= 0.6 is 0 Å². The van der Waals surface area contributed by atoms with Crippen molar-refractivity contribution in [2.45, 2.75) is 0 Å². The number of fused-ring (bicyclic) bond motifs is 1. The van der Waals surface area contributed by atoms with Gasteiger partial charge in [0.05, 0.1) is 6.20 Å². The number of carboxylic acids is 1. The highest BCUT2D eigenvalue weighted by Gasteiger charge is 2.17. The van der Waals surface area contributed by atoms with Crippen molar-refractivity contribution in [2.24, 2.45) is 0 Å². The molecule has 96 valence electrons. The number of pyridine rings is 1. The molecule has 0 aliphatic rings. The van der Waals surface area contributed by atoms with Gasteiger partial charge in [0, 0.05) is 12.4 Å². The molecule has 0 amide bonds. The van der Waals surface area contributed by atoms with E-state index in [0.29, 0.717) is 5.82 Å². The van der Waals surface area contributed by atoms with Crippen molar-refractivity contribution in [1.82, 2.24) is 19.2 Å². The first-order valence-electron chi connectivity index (χ1n) is 5.28. The molecule has 3 heterocycles. The van der Waals surface area contributed by atoms with Crippen LogP contribution < -0.4 is 5.73 Å². The summed E-state index contributed by atoms with van der Waals surface area (Å²) >= 11 is 0. The summed E-state index contributed by atoms with van der Waals surface area (Å²) in [5.41, 5.74) is 5.73. The van der Waals surface area contributed by atoms with Gasteiger partial charge in [-0.2, -0.15) is 5.10 Å². The summed E-state index contributed by atoms with van der Waals surface area (Å²) in [5.74, 6) is -1.29. The highest BCUT2D eigenvalue weighted by Crippen LogP contribution is 2.19. The molecule has 0 aliphatic heterocycles. The average molecular weight is 261 g/mol. The van der Waals surface area contributed by atoms with Gasteiger partial charge in [-0.1, -0.05) is 0 Å². The zero-order valence-corrected chi connectivity index (χ0v) is 9.49. The maximum atomic E-state index is 13.5. The number of anilines is 1. The lowest BCUT2D eigenvalue weighted by molar-refractivity contribution is 0.0698. The Balaban J connectivity index is 2.28. The van der Waals surface area contributed by atoms with E-state index in [1.807, 2.05) is 0 Å². The second-order valence-corrected chi connectivity index (χ2v) is 3.82. The molecule has 7 nitrogen and oxygen atoms in total. The predicted molar refractivity (Wildman–Crippen MR) is 63.6 cm³/mol. The fourth-order valence-electron chi connectivity index (χ4n) is 1.85. The summed E-state index contributed by atoms with van der Waals surface area (Å²) < 4.78 is 16.2. The molecular weight excluding hydrogens is 253 g/mol. The molecule has 0 unspecified atom stereocenters. The topological polar surface area (TPSA) is 98.4 Å². The third kappa shape index (κ3) is 1.53. The molecule has 3 aromatic rings. The number of carbonyl (C=O) groups is 1. The molecule has 3 aromatic heterocycles. The number of hydrogen-bond donors (Lipinski definition) is 2. The van der Waals surface area contributed by atoms with Gasteiger partial charge in [0.15, 0.2) is 11.5 Å². The SMILES string of the molecule is Nc1c(C(=O)O)cnn1-c1ccc(F)c2nccn12. The Bertz CT molecular complexity index is 792. The number of carboxylic acid groups (broad SMARTS) is 1. The minimum Gasteiger partial charge on any atom is -0.477 e. The third-order valence-corrected chi connectivity index (χ3v) is 2.73. The van der Waals surface area contributed by atoms with Gasteiger partial charge in [0.25, 0.3) is 0 Å². The number of nitrogens with zero attached hydrogens (tertiary/aromatic N) is 4. The Kier molecular flexibility index (Phi) is 2.24. The summed E-state index contributed by atoms with van der Waals surface area (Å²) in [4.78, 5) is 14.8. The predicted octanol–water partition coefficient (Wildman–Crippen LogP) is 0.940. The monoisotopic (exact) mass is 261 g/mol. The largest absolute Gasteiger partial charge is 0.477 e. The molecule has 0 bridgehead atoms. The lowest BCUT2D eigenvalue weighted by atomic mass is 10.3. The molecule has 3 N–H and O–H groups in total. The van der Waals surface area contributed by atoms with Crippen molar-refractivity contribution < 1.29 is 14.3 Å². The molecule has 0 fully saturated rings. The van der Waals surface area contributed by atoms with Gasteiger partial charge >= 0.3 is 5.97 Å². The molecule has 19 heavy (non-hydrogen) atoms. The molecule has 0 radical (unpaired) electrons. The van der Waals surface area contributed by atoms with Crippen molar-refractivity contribution in [1.29, 1.82) is 0 Å². The van der Waals surface area contributed by atoms with Crippen molar-refractivity contribution in [3.8, 4) is 5.82 Å². The fraction of sp³-hybridized carbons (Fsp3) is 0. The standard InChI is InChI=1S/C11H8FN5O2/c12-7-1-2-8(16-4-3-14-10(7)16)17-9(13)6(5-15-17)11(18)19/h1-5H,13H2,(H,18,19). The molecule has 0 aromatic carbocycles. The van der Waals surface area contributed by atoms with E-state index in [1.165, 1.54) is 33.6 Å². The minimum atomic E-state index is -1.17. The summed E-state index contributed by atoms with van der Waals surface area (Å²) in [6, 6.07) is 2.66. The van der Waals surface area contributed by atoms with Gasteiger partial charge in [0.2, 0.25) is 0 Å². The van der Waals surface area contributed by atoms with Crippen molar-refractivity contribution >= 4 is 17.4 Å². The van der Waals surface area contributed by atoms with E-state index in [1.54, 1.807) is 0 Å². The smallest absolute Gasteiger partial charge is 0.341 e. The Morgan fingerprint density at radius 3 is 2.89 bits per heavy atom. The maximum Gasteiger partial charge on any atom is 0.341 e. The van der Waals surface area contributed by atoms with Crippen LogP contribution in [0, 0.1) is 5.82 Å². The number of halogens is 1. The van der Waals surface area contributed by atoms with E-state index in [9.17, 15) is 9.18 Å². The first-order chi connectivity index (χ1) is 9.09. The van der Waals surface area contributed by atoms with E-state index in [0.717, 1.165) is 6.20 Å². The van der Waals surface area contributed by atoms with Crippen LogP contribution in [-0.4, -0.2) is 30.2 Å². The van der Waals surface area contributed by atoms with E-state index < -0.39 is 11.8 Å². The molecule has 0 atom stereocenters. The van der Waals surface area contributed by atoms with Gasteiger partial charge in [-0.25, -0.2) is 18.9 Å². The summed E-state index contributed by atoms with van der Waals surface area (Å²) in [6.07, 6.45) is 4.11. The van der Waals surface area contributed by atoms with Gasteiger partial charge < -0.3 is 10.8 Å². The molecular formula is C11H8FN5O2. The van der Waals surface area contributed by atoms with Crippen LogP contribution in [0.15, 0.2) is 30.7 Å². The van der Waals surface area contributed by atoms with Gasteiger partial charge in [-0.15, -0.1) is 0 Å². The van der Waals surface area contributed by atoms with Crippen LogP contribution in [-0.2, 0) is 0 Å². The lowest BCUT2D eigenvalue weighted by Crippen LogP contribution is -2.09. The number of nitrogen functional groups attached to an aromatic ring is 1. The molecule has 0 saturated heterocycles. The summed E-state index contributed by atoms with van der Waals surface area (Å²) in [5, 5.41) is 12.8. The number of aromatic carboxylic acids is 1. The number of imidazole rings is 1. The number of aromatic nitrogens is 4. The van der Waals surface area contributed by atoms with E-state index >= 15 is 0 Å². The zero-order valence-electron chi connectivity index (χ0n) is 9.49. The van der Waals surface area contributed by atoms with Crippen LogP contribution in [0.5, 0.6) is 0 Å². The first-order valence-corrected chi connectivity index (χ1v) is 5.28. The van der Waals surface area contributed by atoms with Crippen molar-refractivity contribution in [3.63, 3.8) is 0 Å². The fourth-order valence-corrected chi connectivity index (χ4v) is 1.85. The second-order valence-electron chi connectivity index (χ2n) is 3.82. The normalized spacial score (nSPS) is 11.0. The summed E-state index contributed by atoms with van der Waals surface area (Å²) in [7, 11) is 0. The molecule has 8 heteroatoms. The van der Waals surface area contributed by atoms with Crippen molar-refractivity contribution in [2.75, 3.05) is 5.73 Å². The Morgan fingerprint density at radius 1 is 1.42 bits per heavy atom. The molecule has 0 saturated carbocycles.